The van der Waals surface area contributed by atoms with Crippen molar-refractivity contribution in [3.05, 3.63) is 21.7 Å². The van der Waals surface area contributed by atoms with Crippen LogP contribution < -0.4 is 0 Å². The van der Waals surface area contributed by atoms with E-state index in [1.165, 1.54) is 36.9 Å². The molecule has 68 valence electrons. The van der Waals surface area contributed by atoms with Gasteiger partial charge < -0.3 is 4.98 Å². The second-order valence-electron chi connectivity index (χ2n) is 4.01. The van der Waals surface area contributed by atoms with E-state index in [1.807, 2.05) is 0 Å². The second kappa shape index (κ2) is 2.64. The van der Waals surface area contributed by atoms with Crippen molar-refractivity contribution in [1.82, 2.24) is 9.97 Å². The topological polar surface area (TPSA) is 28.7 Å². The Morgan fingerprint density at radius 1 is 1.31 bits per heavy atom. The van der Waals surface area contributed by atoms with E-state index in [0.29, 0.717) is 5.92 Å². The molecule has 1 aromatic heterocycles. The Balaban J connectivity index is 2.16. The number of nitrogens with zero attached hydrogens (tertiary/aromatic N) is 1. The monoisotopic (exact) mass is 192 g/mol. The molecular formula is C10H12N2S. The van der Waals surface area contributed by atoms with E-state index >= 15 is 0 Å². The van der Waals surface area contributed by atoms with Gasteiger partial charge >= 0.3 is 0 Å². The third kappa shape index (κ3) is 1.22. The summed E-state index contributed by atoms with van der Waals surface area (Å²) in [6.45, 7) is 0. The van der Waals surface area contributed by atoms with Crippen molar-refractivity contribution in [2.45, 2.75) is 38.0 Å². The quantitative estimate of drug-likeness (QED) is 0.693. The first-order valence-corrected chi connectivity index (χ1v) is 5.37. The summed E-state index contributed by atoms with van der Waals surface area (Å²) in [5, 5.41) is 0. The summed E-state index contributed by atoms with van der Waals surface area (Å²) in [6.07, 6.45) is 6.11. The van der Waals surface area contributed by atoms with E-state index < -0.39 is 0 Å². The zero-order valence-electron chi connectivity index (χ0n) is 7.47. The van der Waals surface area contributed by atoms with Gasteiger partial charge in [-0.25, -0.2) is 4.98 Å². The Kier molecular flexibility index (Phi) is 1.56. The molecule has 0 bridgehead atoms. The number of nitrogens with one attached hydrogen (secondary N) is 1. The van der Waals surface area contributed by atoms with Crippen LogP contribution in [0.15, 0.2) is 0 Å². The molecule has 0 aliphatic heterocycles. The molecule has 0 atom stereocenters. The molecule has 0 radical (unpaired) electrons. The van der Waals surface area contributed by atoms with Crippen LogP contribution in [0.5, 0.6) is 0 Å². The lowest BCUT2D eigenvalue weighted by Crippen LogP contribution is -1.99. The Hall–Kier alpha value is -0.700. The fourth-order valence-corrected chi connectivity index (χ4v) is 2.35. The SMILES string of the molecule is S=c1nc(C2CC2)[nH]c2c1CCC2. The number of aromatic nitrogens is 2. The third-order valence-corrected chi connectivity index (χ3v) is 3.28. The highest BCUT2D eigenvalue weighted by Gasteiger charge is 2.27. The zero-order valence-corrected chi connectivity index (χ0v) is 8.28. The Morgan fingerprint density at radius 3 is 2.92 bits per heavy atom. The molecule has 0 amide bonds. The largest absolute Gasteiger partial charge is 0.347 e. The van der Waals surface area contributed by atoms with Gasteiger partial charge in [0.25, 0.3) is 0 Å². The van der Waals surface area contributed by atoms with Gasteiger partial charge in [-0.1, -0.05) is 12.2 Å². The maximum atomic E-state index is 5.28. The molecule has 2 aliphatic carbocycles. The molecule has 13 heavy (non-hydrogen) atoms. The van der Waals surface area contributed by atoms with Crippen LogP contribution in [0.2, 0.25) is 0 Å². The molecule has 0 unspecified atom stereocenters. The molecule has 2 aliphatic rings. The van der Waals surface area contributed by atoms with Gasteiger partial charge in [0.2, 0.25) is 0 Å². The molecular weight excluding hydrogens is 180 g/mol. The molecule has 1 aromatic rings. The van der Waals surface area contributed by atoms with Crippen molar-refractivity contribution in [2.75, 3.05) is 0 Å². The van der Waals surface area contributed by atoms with E-state index in [2.05, 4.69) is 9.97 Å². The lowest BCUT2D eigenvalue weighted by atomic mass is 10.2. The number of aromatic amines is 1. The minimum Gasteiger partial charge on any atom is -0.347 e. The van der Waals surface area contributed by atoms with E-state index in [4.69, 9.17) is 12.2 Å². The molecule has 1 N–H and O–H groups in total. The lowest BCUT2D eigenvalue weighted by Gasteiger charge is -2.03. The second-order valence-corrected chi connectivity index (χ2v) is 4.40. The highest BCUT2D eigenvalue weighted by atomic mass is 32.1. The molecule has 3 heteroatoms. The maximum Gasteiger partial charge on any atom is 0.133 e. The Morgan fingerprint density at radius 2 is 2.15 bits per heavy atom. The Bertz CT molecular complexity index is 404. The van der Waals surface area contributed by atoms with E-state index in [0.717, 1.165) is 16.9 Å². The van der Waals surface area contributed by atoms with Crippen LogP contribution in [0.4, 0.5) is 0 Å². The average Bonchev–Trinajstić information content (AvgIpc) is 2.85. The summed E-state index contributed by atoms with van der Waals surface area (Å²) in [7, 11) is 0. The normalized spacial score (nSPS) is 20.3. The fraction of sp³-hybridized carbons (Fsp3) is 0.600. The summed E-state index contributed by atoms with van der Waals surface area (Å²) < 4.78 is 0.855. The number of rotatable bonds is 1. The minimum absolute atomic E-state index is 0.688. The predicted molar refractivity (Wildman–Crippen MR) is 53.4 cm³/mol. The summed E-state index contributed by atoms with van der Waals surface area (Å²) in [5.41, 5.74) is 2.67. The third-order valence-electron chi connectivity index (χ3n) is 2.94. The minimum atomic E-state index is 0.688. The van der Waals surface area contributed by atoms with E-state index in [-0.39, 0.29) is 0 Å². The van der Waals surface area contributed by atoms with Gasteiger partial charge in [0.05, 0.1) is 0 Å². The number of hydrogen-bond acceptors (Lipinski definition) is 2. The highest BCUT2D eigenvalue weighted by Crippen LogP contribution is 2.38. The predicted octanol–water partition coefficient (Wildman–Crippen LogP) is 2.51. The van der Waals surface area contributed by atoms with Crippen molar-refractivity contribution in [1.29, 1.82) is 0 Å². The van der Waals surface area contributed by atoms with Gasteiger partial charge in [0.15, 0.2) is 0 Å². The van der Waals surface area contributed by atoms with Crippen LogP contribution in [0.3, 0.4) is 0 Å². The number of fused-ring (bicyclic) bond motifs is 1. The van der Waals surface area contributed by atoms with Crippen LogP contribution in [0.1, 0.15) is 42.3 Å². The van der Waals surface area contributed by atoms with Crippen molar-refractivity contribution >= 4 is 12.2 Å². The Labute approximate surface area is 82.4 Å². The van der Waals surface area contributed by atoms with E-state index in [9.17, 15) is 0 Å². The van der Waals surface area contributed by atoms with Crippen molar-refractivity contribution in [3.8, 4) is 0 Å². The maximum absolute atomic E-state index is 5.28. The molecule has 0 saturated heterocycles. The van der Waals surface area contributed by atoms with Gasteiger partial charge in [-0.15, -0.1) is 0 Å². The van der Waals surface area contributed by atoms with Gasteiger partial charge in [-0.2, -0.15) is 0 Å². The fourth-order valence-electron chi connectivity index (χ4n) is 2.03. The molecule has 2 nitrogen and oxygen atoms in total. The van der Waals surface area contributed by atoms with Crippen LogP contribution >= 0.6 is 12.2 Å². The molecule has 1 fully saturated rings. The number of H-pyrrole nitrogens is 1. The summed E-state index contributed by atoms with van der Waals surface area (Å²) in [6, 6.07) is 0. The van der Waals surface area contributed by atoms with Gasteiger partial charge in [-0.3, -0.25) is 0 Å². The van der Waals surface area contributed by atoms with Crippen LogP contribution in [-0.4, -0.2) is 9.97 Å². The summed E-state index contributed by atoms with van der Waals surface area (Å²) in [5.74, 6) is 1.83. The van der Waals surface area contributed by atoms with Crippen LogP contribution in [0, 0.1) is 4.64 Å². The molecule has 0 spiro atoms. The summed E-state index contributed by atoms with van der Waals surface area (Å²) in [4.78, 5) is 7.92. The molecule has 1 saturated carbocycles. The smallest absolute Gasteiger partial charge is 0.133 e. The molecule has 1 heterocycles. The first kappa shape index (κ1) is 7.68. The van der Waals surface area contributed by atoms with E-state index in [1.54, 1.807) is 0 Å². The molecule has 3 rings (SSSR count). The van der Waals surface area contributed by atoms with Gasteiger partial charge in [0, 0.05) is 17.2 Å². The standard InChI is InChI=1S/C10H12N2S/c13-10-7-2-1-3-8(7)11-9(12-10)6-4-5-6/h6H,1-5H2,(H,11,12,13). The average molecular weight is 192 g/mol. The summed E-state index contributed by atoms with van der Waals surface area (Å²) >= 11 is 5.28. The van der Waals surface area contributed by atoms with Crippen LogP contribution in [0.25, 0.3) is 0 Å². The molecule has 0 aromatic carbocycles. The van der Waals surface area contributed by atoms with Crippen molar-refractivity contribution in [2.24, 2.45) is 0 Å². The van der Waals surface area contributed by atoms with Gasteiger partial charge in [0.1, 0.15) is 10.5 Å². The first-order chi connectivity index (χ1) is 6.34. The number of hydrogen-bond donors (Lipinski definition) is 1. The number of aryl methyl sites for hydroxylation is 1. The van der Waals surface area contributed by atoms with Crippen molar-refractivity contribution in [3.63, 3.8) is 0 Å². The first-order valence-electron chi connectivity index (χ1n) is 4.96. The van der Waals surface area contributed by atoms with Crippen molar-refractivity contribution < 1.29 is 0 Å². The van der Waals surface area contributed by atoms with Gasteiger partial charge in [-0.05, 0) is 32.1 Å². The van der Waals surface area contributed by atoms with Crippen LogP contribution in [-0.2, 0) is 12.8 Å². The lowest BCUT2D eigenvalue weighted by molar-refractivity contribution is 0.869. The zero-order chi connectivity index (χ0) is 8.84. The highest BCUT2D eigenvalue weighted by molar-refractivity contribution is 7.71.